The van der Waals surface area contributed by atoms with Crippen molar-refractivity contribution in [2.45, 2.75) is 19.3 Å². The molecule has 84 valence electrons. The molecule has 0 saturated carbocycles. The molecule has 1 aromatic carbocycles. The minimum absolute atomic E-state index is 0.224. The average molecular weight is 233 g/mol. The number of aliphatic hydroxyl groups is 1. The first-order chi connectivity index (χ1) is 7.81. The number of hydrogen-bond acceptors (Lipinski definition) is 3. The van der Waals surface area contributed by atoms with Gasteiger partial charge < -0.3 is 5.11 Å². The van der Waals surface area contributed by atoms with Gasteiger partial charge in [-0.1, -0.05) is 37.3 Å². The van der Waals surface area contributed by atoms with E-state index in [1.807, 2.05) is 18.2 Å². The first kappa shape index (κ1) is 11.3. The number of thiazole rings is 1. The van der Waals surface area contributed by atoms with E-state index in [1.54, 1.807) is 11.3 Å². The van der Waals surface area contributed by atoms with Gasteiger partial charge in [0.2, 0.25) is 0 Å². The van der Waals surface area contributed by atoms with Crippen LogP contribution >= 0.6 is 11.3 Å². The molecular weight excluding hydrogens is 218 g/mol. The maximum Gasteiger partial charge on any atom is 0.0961 e. The van der Waals surface area contributed by atoms with Crippen LogP contribution in [0, 0.1) is 0 Å². The molecule has 0 aliphatic heterocycles. The number of benzene rings is 1. The van der Waals surface area contributed by atoms with Crippen LogP contribution in [-0.4, -0.2) is 16.7 Å². The van der Waals surface area contributed by atoms with Crippen molar-refractivity contribution in [1.29, 1.82) is 0 Å². The number of hydrogen-bond donors (Lipinski definition) is 1. The summed E-state index contributed by atoms with van der Waals surface area (Å²) in [4.78, 5) is 4.61. The van der Waals surface area contributed by atoms with Gasteiger partial charge in [0.25, 0.3) is 0 Å². The van der Waals surface area contributed by atoms with Crippen LogP contribution in [0.5, 0.6) is 0 Å². The van der Waals surface area contributed by atoms with Gasteiger partial charge in [0.15, 0.2) is 0 Å². The van der Waals surface area contributed by atoms with Crippen molar-refractivity contribution in [3.8, 4) is 11.3 Å². The standard InChI is InChI=1S/C13H15NOS/c1-10(7-8-15)13-14-12(9-16-13)11-5-3-2-4-6-11/h2-6,9-10,15H,7-8H2,1H3. The van der Waals surface area contributed by atoms with Crippen LogP contribution < -0.4 is 0 Å². The lowest BCUT2D eigenvalue weighted by Crippen LogP contribution is -1.95. The van der Waals surface area contributed by atoms with Gasteiger partial charge in [0, 0.05) is 23.5 Å². The molecule has 2 nitrogen and oxygen atoms in total. The van der Waals surface area contributed by atoms with E-state index in [9.17, 15) is 0 Å². The second-order valence-corrected chi connectivity index (χ2v) is 4.74. The molecule has 1 heterocycles. The molecule has 0 aliphatic rings. The quantitative estimate of drug-likeness (QED) is 0.879. The Morgan fingerprint density at radius 2 is 2.06 bits per heavy atom. The van der Waals surface area contributed by atoms with Crippen molar-refractivity contribution in [2.75, 3.05) is 6.61 Å². The van der Waals surface area contributed by atoms with Crippen LogP contribution in [-0.2, 0) is 0 Å². The van der Waals surface area contributed by atoms with E-state index < -0.39 is 0 Å². The van der Waals surface area contributed by atoms with Gasteiger partial charge >= 0.3 is 0 Å². The molecule has 0 saturated heterocycles. The van der Waals surface area contributed by atoms with Crippen LogP contribution in [0.15, 0.2) is 35.7 Å². The fraction of sp³-hybridized carbons (Fsp3) is 0.308. The Labute approximate surface area is 99.6 Å². The Kier molecular flexibility index (Phi) is 3.70. The maximum absolute atomic E-state index is 8.90. The molecule has 3 heteroatoms. The Bertz CT molecular complexity index is 438. The lowest BCUT2D eigenvalue weighted by Gasteiger charge is -2.04. The minimum Gasteiger partial charge on any atom is -0.396 e. The molecule has 0 radical (unpaired) electrons. The lowest BCUT2D eigenvalue weighted by atomic mass is 10.1. The van der Waals surface area contributed by atoms with Gasteiger partial charge in [-0.3, -0.25) is 0 Å². The van der Waals surface area contributed by atoms with Crippen LogP contribution in [0.2, 0.25) is 0 Å². The maximum atomic E-state index is 8.90. The summed E-state index contributed by atoms with van der Waals surface area (Å²) in [6, 6.07) is 10.2. The molecule has 0 fully saturated rings. The highest BCUT2D eigenvalue weighted by atomic mass is 32.1. The summed E-state index contributed by atoms with van der Waals surface area (Å²) in [6.07, 6.45) is 0.780. The van der Waals surface area contributed by atoms with Crippen LogP contribution in [0.1, 0.15) is 24.3 Å². The SMILES string of the molecule is CC(CCO)c1nc(-c2ccccc2)cs1. The summed E-state index contributed by atoms with van der Waals surface area (Å²) in [5.41, 5.74) is 2.19. The van der Waals surface area contributed by atoms with Crippen molar-refractivity contribution in [2.24, 2.45) is 0 Å². The predicted molar refractivity (Wildman–Crippen MR) is 67.7 cm³/mol. The van der Waals surface area contributed by atoms with E-state index in [4.69, 9.17) is 5.11 Å². The molecule has 0 spiro atoms. The number of aliphatic hydroxyl groups excluding tert-OH is 1. The molecule has 0 aliphatic carbocycles. The van der Waals surface area contributed by atoms with Crippen molar-refractivity contribution in [3.63, 3.8) is 0 Å². The van der Waals surface area contributed by atoms with E-state index in [1.165, 1.54) is 0 Å². The molecule has 1 unspecified atom stereocenters. The molecule has 16 heavy (non-hydrogen) atoms. The molecule has 2 aromatic rings. The Hall–Kier alpha value is -1.19. The summed E-state index contributed by atoms with van der Waals surface area (Å²) < 4.78 is 0. The van der Waals surface area contributed by atoms with Crippen molar-refractivity contribution in [3.05, 3.63) is 40.7 Å². The molecule has 2 rings (SSSR count). The zero-order chi connectivity index (χ0) is 11.4. The number of rotatable bonds is 4. The Balaban J connectivity index is 2.20. The minimum atomic E-state index is 0.224. The third kappa shape index (κ3) is 2.49. The summed E-state index contributed by atoms with van der Waals surface area (Å²) in [7, 11) is 0. The summed E-state index contributed by atoms with van der Waals surface area (Å²) >= 11 is 1.67. The third-order valence-electron chi connectivity index (χ3n) is 2.58. The molecule has 0 amide bonds. The molecule has 1 N–H and O–H groups in total. The van der Waals surface area contributed by atoms with Gasteiger partial charge in [-0.05, 0) is 6.42 Å². The monoisotopic (exact) mass is 233 g/mol. The van der Waals surface area contributed by atoms with E-state index in [-0.39, 0.29) is 6.61 Å². The van der Waals surface area contributed by atoms with Gasteiger partial charge in [-0.15, -0.1) is 11.3 Å². The normalized spacial score (nSPS) is 12.6. The second-order valence-electron chi connectivity index (χ2n) is 3.85. The molecule has 1 aromatic heterocycles. The van der Waals surface area contributed by atoms with Crippen molar-refractivity contribution in [1.82, 2.24) is 4.98 Å². The topological polar surface area (TPSA) is 33.1 Å². The van der Waals surface area contributed by atoms with Crippen LogP contribution in [0.4, 0.5) is 0 Å². The zero-order valence-corrected chi connectivity index (χ0v) is 10.1. The largest absolute Gasteiger partial charge is 0.396 e. The number of nitrogens with zero attached hydrogens (tertiary/aromatic N) is 1. The van der Waals surface area contributed by atoms with Gasteiger partial charge in [0.1, 0.15) is 0 Å². The van der Waals surface area contributed by atoms with Crippen LogP contribution in [0.25, 0.3) is 11.3 Å². The smallest absolute Gasteiger partial charge is 0.0961 e. The van der Waals surface area contributed by atoms with Gasteiger partial charge in [0.05, 0.1) is 10.7 Å². The van der Waals surface area contributed by atoms with Crippen molar-refractivity contribution < 1.29 is 5.11 Å². The first-order valence-corrected chi connectivity index (χ1v) is 6.31. The fourth-order valence-electron chi connectivity index (χ4n) is 1.57. The Morgan fingerprint density at radius 1 is 1.31 bits per heavy atom. The highest BCUT2D eigenvalue weighted by Gasteiger charge is 2.10. The highest BCUT2D eigenvalue weighted by molar-refractivity contribution is 7.10. The fourth-order valence-corrected chi connectivity index (χ4v) is 2.49. The lowest BCUT2D eigenvalue weighted by molar-refractivity contribution is 0.278. The van der Waals surface area contributed by atoms with Gasteiger partial charge in [-0.2, -0.15) is 0 Å². The first-order valence-electron chi connectivity index (χ1n) is 5.43. The highest BCUT2D eigenvalue weighted by Crippen LogP contribution is 2.27. The Morgan fingerprint density at radius 3 is 2.75 bits per heavy atom. The average Bonchev–Trinajstić information content (AvgIpc) is 2.80. The van der Waals surface area contributed by atoms with Crippen LogP contribution in [0.3, 0.4) is 0 Å². The summed E-state index contributed by atoms with van der Waals surface area (Å²) in [5, 5.41) is 12.1. The predicted octanol–water partition coefficient (Wildman–Crippen LogP) is 3.30. The molecule has 0 bridgehead atoms. The van der Waals surface area contributed by atoms with E-state index >= 15 is 0 Å². The summed E-state index contributed by atoms with van der Waals surface area (Å²) in [5.74, 6) is 0.340. The van der Waals surface area contributed by atoms with E-state index in [0.29, 0.717) is 5.92 Å². The zero-order valence-electron chi connectivity index (χ0n) is 9.26. The van der Waals surface area contributed by atoms with E-state index in [2.05, 4.69) is 29.4 Å². The number of aromatic nitrogens is 1. The van der Waals surface area contributed by atoms with Crippen molar-refractivity contribution >= 4 is 11.3 Å². The second kappa shape index (κ2) is 5.23. The summed E-state index contributed by atoms with van der Waals surface area (Å²) in [6.45, 7) is 2.32. The molecular formula is C13H15NOS. The third-order valence-corrected chi connectivity index (χ3v) is 3.65. The van der Waals surface area contributed by atoms with E-state index in [0.717, 1.165) is 22.7 Å². The van der Waals surface area contributed by atoms with Gasteiger partial charge in [-0.25, -0.2) is 4.98 Å². The molecule has 1 atom stereocenters.